The van der Waals surface area contributed by atoms with Gasteiger partial charge in [-0.05, 0) is 37.0 Å². The second kappa shape index (κ2) is 10.7. The number of amides is 1. The summed E-state index contributed by atoms with van der Waals surface area (Å²) in [5.41, 5.74) is 1.97. The molecular weight excluding hydrogens is 382 g/mol. The SMILES string of the molecule is C#CCCCOCCCCCCN1CC(c2ccc3c(c2)COC(C)(C)O3)OC1=O. The Kier molecular flexibility index (Phi) is 8.01. The molecule has 30 heavy (non-hydrogen) atoms. The van der Waals surface area contributed by atoms with Crippen LogP contribution in [-0.2, 0) is 20.8 Å². The maximum atomic E-state index is 12.2. The van der Waals surface area contributed by atoms with Crippen molar-refractivity contribution in [2.24, 2.45) is 0 Å². The maximum absolute atomic E-state index is 12.2. The summed E-state index contributed by atoms with van der Waals surface area (Å²) in [7, 11) is 0. The molecule has 0 bridgehead atoms. The molecule has 2 aliphatic heterocycles. The number of terminal acetylenes is 1. The van der Waals surface area contributed by atoms with E-state index in [1.54, 1.807) is 4.90 Å². The van der Waals surface area contributed by atoms with Gasteiger partial charge in [-0.15, -0.1) is 12.3 Å². The van der Waals surface area contributed by atoms with Crippen LogP contribution >= 0.6 is 0 Å². The lowest BCUT2D eigenvalue weighted by Crippen LogP contribution is -2.35. The van der Waals surface area contributed by atoms with Gasteiger partial charge in [0.25, 0.3) is 0 Å². The molecule has 6 heteroatoms. The Morgan fingerprint density at radius 3 is 2.83 bits per heavy atom. The number of hydrogen-bond acceptors (Lipinski definition) is 5. The van der Waals surface area contributed by atoms with E-state index >= 15 is 0 Å². The fourth-order valence-corrected chi connectivity index (χ4v) is 3.66. The van der Waals surface area contributed by atoms with Gasteiger partial charge < -0.3 is 23.8 Å². The molecule has 1 saturated heterocycles. The highest BCUT2D eigenvalue weighted by molar-refractivity contribution is 5.70. The van der Waals surface area contributed by atoms with Gasteiger partial charge in [0.2, 0.25) is 5.79 Å². The van der Waals surface area contributed by atoms with E-state index in [9.17, 15) is 4.79 Å². The Morgan fingerprint density at radius 1 is 1.20 bits per heavy atom. The zero-order valence-electron chi connectivity index (χ0n) is 18.2. The largest absolute Gasteiger partial charge is 0.463 e. The molecule has 0 aliphatic carbocycles. The number of carbonyl (C=O) groups excluding carboxylic acids is 1. The van der Waals surface area contributed by atoms with Crippen LogP contribution in [0, 0.1) is 12.3 Å². The van der Waals surface area contributed by atoms with Crippen LogP contribution in [0.1, 0.15) is 69.6 Å². The molecule has 164 valence electrons. The normalized spacial score (nSPS) is 19.7. The predicted molar refractivity (Wildman–Crippen MR) is 114 cm³/mol. The highest BCUT2D eigenvalue weighted by Crippen LogP contribution is 2.35. The van der Waals surface area contributed by atoms with E-state index in [-0.39, 0.29) is 12.2 Å². The van der Waals surface area contributed by atoms with Crippen molar-refractivity contribution in [3.05, 3.63) is 29.3 Å². The molecule has 1 amide bonds. The van der Waals surface area contributed by atoms with Crippen LogP contribution in [0.25, 0.3) is 0 Å². The predicted octanol–water partition coefficient (Wildman–Crippen LogP) is 4.82. The smallest absolute Gasteiger partial charge is 0.410 e. The monoisotopic (exact) mass is 415 g/mol. The van der Waals surface area contributed by atoms with Crippen LogP contribution in [0.5, 0.6) is 5.75 Å². The molecule has 1 unspecified atom stereocenters. The Balaban J connectivity index is 1.36. The van der Waals surface area contributed by atoms with E-state index in [1.807, 2.05) is 32.0 Å². The fraction of sp³-hybridized carbons (Fsp3) is 0.625. The van der Waals surface area contributed by atoms with E-state index in [4.69, 9.17) is 25.4 Å². The molecule has 0 N–H and O–H groups in total. The number of unbranched alkanes of at least 4 members (excludes halogenated alkanes) is 4. The minimum absolute atomic E-state index is 0.233. The third-order valence-electron chi connectivity index (χ3n) is 5.35. The van der Waals surface area contributed by atoms with Crippen LogP contribution in [-0.4, -0.2) is 43.1 Å². The summed E-state index contributed by atoms with van der Waals surface area (Å²) in [5, 5.41) is 0. The van der Waals surface area contributed by atoms with Gasteiger partial charge >= 0.3 is 6.09 Å². The van der Waals surface area contributed by atoms with Crippen molar-refractivity contribution in [1.29, 1.82) is 0 Å². The summed E-state index contributed by atoms with van der Waals surface area (Å²) >= 11 is 0. The second-order valence-corrected chi connectivity index (χ2v) is 8.31. The van der Waals surface area contributed by atoms with E-state index in [0.29, 0.717) is 13.2 Å². The van der Waals surface area contributed by atoms with Gasteiger partial charge in [-0.2, -0.15) is 0 Å². The van der Waals surface area contributed by atoms with Crippen molar-refractivity contribution in [2.75, 3.05) is 26.3 Å². The molecule has 2 heterocycles. The summed E-state index contributed by atoms with van der Waals surface area (Å²) in [6.07, 6.45) is 10.6. The molecule has 0 radical (unpaired) electrons. The number of nitrogens with zero attached hydrogens (tertiary/aromatic N) is 1. The summed E-state index contributed by atoms with van der Waals surface area (Å²) in [6.45, 7) is 7.12. The second-order valence-electron chi connectivity index (χ2n) is 8.31. The third kappa shape index (κ3) is 6.38. The summed E-state index contributed by atoms with van der Waals surface area (Å²) in [4.78, 5) is 14.0. The summed E-state index contributed by atoms with van der Waals surface area (Å²) < 4.78 is 22.7. The minimum Gasteiger partial charge on any atom is -0.463 e. The number of hydrogen-bond donors (Lipinski definition) is 0. The van der Waals surface area contributed by atoms with Gasteiger partial charge in [-0.3, -0.25) is 0 Å². The number of cyclic esters (lactones) is 1. The molecule has 3 rings (SSSR count). The lowest BCUT2D eigenvalue weighted by molar-refractivity contribution is -0.180. The topological polar surface area (TPSA) is 57.2 Å². The first kappa shape index (κ1) is 22.5. The Hall–Kier alpha value is -2.23. The van der Waals surface area contributed by atoms with Gasteiger partial charge in [-0.1, -0.05) is 18.9 Å². The van der Waals surface area contributed by atoms with Gasteiger partial charge in [0.1, 0.15) is 11.9 Å². The summed E-state index contributed by atoms with van der Waals surface area (Å²) in [6, 6.07) is 5.95. The van der Waals surface area contributed by atoms with Gasteiger partial charge in [0.05, 0.1) is 13.2 Å². The third-order valence-corrected chi connectivity index (χ3v) is 5.35. The molecule has 6 nitrogen and oxygen atoms in total. The first-order valence-electron chi connectivity index (χ1n) is 10.9. The molecule has 1 atom stereocenters. The maximum Gasteiger partial charge on any atom is 0.410 e. The minimum atomic E-state index is -0.612. The average Bonchev–Trinajstić information content (AvgIpc) is 3.09. The Morgan fingerprint density at radius 2 is 2.00 bits per heavy atom. The van der Waals surface area contributed by atoms with Crippen LogP contribution < -0.4 is 4.74 Å². The molecule has 1 aromatic rings. The van der Waals surface area contributed by atoms with Crippen molar-refractivity contribution >= 4 is 6.09 Å². The number of benzene rings is 1. The number of carbonyl (C=O) groups is 1. The highest BCUT2D eigenvalue weighted by Gasteiger charge is 2.33. The van der Waals surface area contributed by atoms with Crippen LogP contribution in [0.15, 0.2) is 18.2 Å². The molecule has 0 aromatic heterocycles. The first-order valence-corrected chi connectivity index (χ1v) is 10.9. The summed E-state index contributed by atoms with van der Waals surface area (Å²) in [5.74, 6) is 2.83. The molecule has 1 aromatic carbocycles. The van der Waals surface area contributed by atoms with Gasteiger partial charge in [-0.25, -0.2) is 4.79 Å². The quantitative estimate of drug-likeness (QED) is 0.383. The molecule has 0 saturated carbocycles. The number of fused-ring (bicyclic) bond motifs is 1. The lowest BCUT2D eigenvalue weighted by atomic mass is 10.0. The van der Waals surface area contributed by atoms with Gasteiger partial charge in [0.15, 0.2) is 0 Å². The van der Waals surface area contributed by atoms with E-state index in [1.165, 1.54) is 0 Å². The van der Waals surface area contributed by atoms with Crippen molar-refractivity contribution in [2.45, 2.75) is 70.9 Å². The molecule has 2 aliphatic rings. The van der Waals surface area contributed by atoms with Crippen molar-refractivity contribution in [3.63, 3.8) is 0 Å². The highest BCUT2D eigenvalue weighted by atomic mass is 16.7. The lowest BCUT2D eigenvalue weighted by Gasteiger charge is -2.32. The van der Waals surface area contributed by atoms with E-state index in [0.717, 1.165) is 75.2 Å². The van der Waals surface area contributed by atoms with Crippen molar-refractivity contribution in [1.82, 2.24) is 4.90 Å². The Bertz CT molecular complexity index is 754. The zero-order valence-corrected chi connectivity index (χ0v) is 18.2. The van der Waals surface area contributed by atoms with Crippen molar-refractivity contribution in [3.8, 4) is 18.1 Å². The molecular formula is C24H33NO5. The van der Waals surface area contributed by atoms with Crippen LogP contribution in [0.2, 0.25) is 0 Å². The van der Waals surface area contributed by atoms with E-state index < -0.39 is 5.79 Å². The van der Waals surface area contributed by atoms with Crippen LogP contribution in [0.4, 0.5) is 4.79 Å². The zero-order chi connectivity index (χ0) is 21.4. The van der Waals surface area contributed by atoms with Gasteiger partial charge in [0, 0.05) is 45.6 Å². The number of ether oxygens (including phenoxy) is 4. The molecule has 0 spiro atoms. The van der Waals surface area contributed by atoms with Crippen molar-refractivity contribution < 1.29 is 23.7 Å². The standard InChI is InChI=1S/C24H33NO5/c1-4-5-9-14-27-15-10-7-6-8-13-25-17-22(29-23(25)26)19-11-12-21-20(16-19)18-28-24(2,3)30-21/h1,11-12,16,22H,5-10,13-15,17-18H2,2-3H3. The fourth-order valence-electron chi connectivity index (χ4n) is 3.66. The average molecular weight is 416 g/mol. The Labute approximate surface area is 179 Å². The molecule has 1 fully saturated rings. The van der Waals surface area contributed by atoms with E-state index in [2.05, 4.69) is 5.92 Å². The van der Waals surface area contributed by atoms with Crippen LogP contribution in [0.3, 0.4) is 0 Å². The number of rotatable bonds is 11. The first-order chi connectivity index (χ1) is 14.5.